The van der Waals surface area contributed by atoms with E-state index in [0.717, 1.165) is 46.5 Å². The molecule has 26 heavy (non-hydrogen) atoms. The van der Waals surface area contributed by atoms with Gasteiger partial charge in [-0.15, -0.1) is 11.3 Å². The van der Waals surface area contributed by atoms with Crippen molar-refractivity contribution in [3.63, 3.8) is 0 Å². The molecule has 0 aromatic carbocycles. The third kappa shape index (κ3) is 3.86. The summed E-state index contributed by atoms with van der Waals surface area (Å²) in [6, 6.07) is 6.33. The SMILES string of the molecule is Cc1nc(NCc2cnn(C)c2)sc1-c1ccn(CCc2cccs2)n1. The van der Waals surface area contributed by atoms with Gasteiger partial charge in [0, 0.05) is 49.4 Å². The number of hydrogen-bond acceptors (Lipinski definition) is 6. The Labute approximate surface area is 160 Å². The number of nitrogens with one attached hydrogen (secondary N) is 1. The third-order valence-electron chi connectivity index (χ3n) is 4.04. The fourth-order valence-electron chi connectivity index (χ4n) is 2.74. The Bertz CT molecular complexity index is 979. The maximum Gasteiger partial charge on any atom is 0.183 e. The predicted octanol–water partition coefficient (Wildman–Crippen LogP) is 3.96. The first-order valence-corrected chi connectivity index (χ1v) is 10.1. The second-order valence-electron chi connectivity index (χ2n) is 6.10. The molecule has 134 valence electrons. The van der Waals surface area contributed by atoms with Gasteiger partial charge >= 0.3 is 0 Å². The molecule has 0 spiro atoms. The van der Waals surface area contributed by atoms with E-state index in [0.29, 0.717) is 0 Å². The van der Waals surface area contributed by atoms with Crippen molar-refractivity contribution in [1.29, 1.82) is 0 Å². The number of hydrogen-bond donors (Lipinski definition) is 1. The molecular formula is C18H20N6S2. The standard InChI is InChI=1S/C18H20N6S2/c1-13-17(26-18(21-13)19-10-14-11-20-23(2)12-14)16-6-8-24(22-16)7-5-15-4-3-9-25-15/h3-4,6,8-9,11-12H,5,7,10H2,1-2H3,(H,19,21). The van der Waals surface area contributed by atoms with Crippen LogP contribution in [0.2, 0.25) is 0 Å². The minimum atomic E-state index is 0.718. The van der Waals surface area contributed by atoms with Crippen molar-refractivity contribution in [1.82, 2.24) is 24.5 Å². The van der Waals surface area contributed by atoms with E-state index in [-0.39, 0.29) is 0 Å². The fourth-order valence-corrected chi connectivity index (χ4v) is 4.36. The van der Waals surface area contributed by atoms with E-state index >= 15 is 0 Å². The Morgan fingerprint density at radius 3 is 2.96 bits per heavy atom. The van der Waals surface area contributed by atoms with Gasteiger partial charge in [0.1, 0.15) is 5.69 Å². The van der Waals surface area contributed by atoms with Gasteiger partial charge in [-0.2, -0.15) is 10.2 Å². The fraction of sp³-hybridized carbons (Fsp3) is 0.278. The summed E-state index contributed by atoms with van der Waals surface area (Å²) in [5.41, 5.74) is 3.13. The Balaban J connectivity index is 1.42. The van der Waals surface area contributed by atoms with Gasteiger partial charge in [-0.05, 0) is 24.4 Å². The summed E-state index contributed by atoms with van der Waals surface area (Å²) in [5.74, 6) is 0. The molecule has 0 amide bonds. The highest BCUT2D eigenvalue weighted by molar-refractivity contribution is 7.19. The molecule has 0 fully saturated rings. The quantitative estimate of drug-likeness (QED) is 0.524. The van der Waals surface area contributed by atoms with E-state index < -0.39 is 0 Å². The maximum absolute atomic E-state index is 4.73. The van der Waals surface area contributed by atoms with Crippen LogP contribution in [0.4, 0.5) is 5.13 Å². The smallest absolute Gasteiger partial charge is 0.183 e. The van der Waals surface area contributed by atoms with Crippen molar-refractivity contribution >= 4 is 27.8 Å². The summed E-state index contributed by atoms with van der Waals surface area (Å²) in [5, 5.41) is 15.3. The van der Waals surface area contributed by atoms with Gasteiger partial charge in [-0.25, -0.2) is 4.98 Å². The zero-order valence-corrected chi connectivity index (χ0v) is 16.3. The summed E-state index contributed by atoms with van der Waals surface area (Å²) in [6.45, 7) is 3.64. The lowest BCUT2D eigenvalue weighted by Gasteiger charge is -1.99. The molecule has 4 heterocycles. The molecule has 1 N–H and O–H groups in total. The first-order valence-electron chi connectivity index (χ1n) is 8.42. The lowest BCUT2D eigenvalue weighted by molar-refractivity contribution is 0.620. The van der Waals surface area contributed by atoms with Gasteiger partial charge in [0.25, 0.3) is 0 Å². The number of thiophene rings is 1. The molecule has 0 radical (unpaired) electrons. The van der Waals surface area contributed by atoms with Crippen molar-refractivity contribution in [2.45, 2.75) is 26.4 Å². The Kier molecular flexibility index (Phi) is 4.85. The summed E-state index contributed by atoms with van der Waals surface area (Å²) < 4.78 is 3.81. The molecule has 8 heteroatoms. The molecule has 0 aliphatic heterocycles. The minimum absolute atomic E-state index is 0.718. The first kappa shape index (κ1) is 17.0. The lowest BCUT2D eigenvalue weighted by atomic mass is 10.3. The predicted molar refractivity (Wildman–Crippen MR) is 107 cm³/mol. The van der Waals surface area contributed by atoms with Crippen LogP contribution in [0, 0.1) is 6.92 Å². The van der Waals surface area contributed by atoms with Crippen LogP contribution in [-0.2, 0) is 26.6 Å². The summed E-state index contributed by atoms with van der Waals surface area (Å²) in [7, 11) is 1.92. The average molecular weight is 385 g/mol. The zero-order valence-electron chi connectivity index (χ0n) is 14.7. The average Bonchev–Trinajstić information content (AvgIpc) is 3.39. The summed E-state index contributed by atoms with van der Waals surface area (Å²) in [4.78, 5) is 7.14. The van der Waals surface area contributed by atoms with Crippen molar-refractivity contribution in [3.8, 4) is 10.6 Å². The third-order valence-corrected chi connectivity index (χ3v) is 6.11. The van der Waals surface area contributed by atoms with E-state index in [1.54, 1.807) is 27.4 Å². The normalized spacial score (nSPS) is 11.2. The Hall–Kier alpha value is -2.45. The first-order chi connectivity index (χ1) is 12.7. The number of aryl methyl sites for hydroxylation is 4. The second-order valence-corrected chi connectivity index (χ2v) is 8.13. The summed E-state index contributed by atoms with van der Waals surface area (Å²) in [6.07, 6.45) is 6.93. The molecule has 4 rings (SSSR count). The van der Waals surface area contributed by atoms with Crippen molar-refractivity contribution in [2.24, 2.45) is 7.05 Å². The number of rotatable bonds is 7. The highest BCUT2D eigenvalue weighted by atomic mass is 32.1. The number of anilines is 1. The van der Waals surface area contributed by atoms with Gasteiger partial charge < -0.3 is 5.32 Å². The molecule has 0 aliphatic rings. The number of aromatic nitrogens is 5. The molecule has 0 saturated heterocycles. The van der Waals surface area contributed by atoms with E-state index in [9.17, 15) is 0 Å². The highest BCUT2D eigenvalue weighted by Gasteiger charge is 2.12. The Morgan fingerprint density at radius 2 is 2.19 bits per heavy atom. The molecule has 6 nitrogen and oxygen atoms in total. The van der Waals surface area contributed by atoms with Gasteiger partial charge in [0.2, 0.25) is 0 Å². The van der Waals surface area contributed by atoms with Gasteiger partial charge in [-0.3, -0.25) is 9.36 Å². The maximum atomic E-state index is 4.73. The van der Waals surface area contributed by atoms with Crippen LogP contribution in [0.1, 0.15) is 16.1 Å². The van der Waals surface area contributed by atoms with Crippen molar-refractivity contribution in [3.05, 3.63) is 58.3 Å². The van der Waals surface area contributed by atoms with Crippen molar-refractivity contribution in [2.75, 3.05) is 5.32 Å². The van der Waals surface area contributed by atoms with Crippen LogP contribution < -0.4 is 5.32 Å². The second kappa shape index (κ2) is 7.43. The van der Waals surface area contributed by atoms with E-state index in [2.05, 4.69) is 39.0 Å². The van der Waals surface area contributed by atoms with Gasteiger partial charge in [0.05, 0.1) is 16.8 Å². The Morgan fingerprint density at radius 1 is 1.27 bits per heavy atom. The molecule has 4 aromatic rings. The molecule has 0 unspecified atom stereocenters. The molecule has 0 bridgehead atoms. The van der Waals surface area contributed by atoms with Crippen LogP contribution >= 0.6 is 22.7 Å². The summed E-state index contributed by atoms with van der Waals surface area (Å²) >= 11 is 3.44. The van der Waals surface area contributed by atoms with E-state index in [1.807, 2.05) is 37.2 Å². The van der Waals surface area contributed by atoms with E-state index in [1.165, 1.54) is 4.88 Å². The topological polar surface area (TPSA) is 60.6 Å². The molecular weight excluding hydrogens is 364 g/mol. The monoisotopic (exact) mass is 384 g/mol. The highest BCUT2D eigenvalue weighted by Crippen LogP contribution is 2.31. The van der Waals surface area contributed by atoms with Crippen molar-refractivity contribution < 1.29 is 0 Å². The van der Waals surface area contributed by atoms with Crippen LogP contribution in [0.3, 0.4) is 0 Å². The zero-order chi connectivity index (χ0) is 17.9. The molecule has 4 aromatic heterocycles. The molecule has 0 atom stereocenters. The minimum Gasteiger partial charge on any atom is -0.357 e. The van der Waals surface area contributed by atoms with Gasteiger partial charge in [0.15, 0.2) is 5.13 Å². The van der Waals surface area contributed by atoms with Crippen LogP contribution in [0.25, 0.3) is 10.6 Å². The molecule has 0 aliphatic carbocycles. The number of nitrogens with zero attached hydrogens (tertiary/aromatic N) is 5. The van der Waals surface area contributed by atoms with Crippen LogP contribution in [-0.4, -0.2) is 24.5 Å². The lowest BCUT2D eigenvalue weighted by Crippen LogP contribution is -2.00. The van der Waals surface area contributed by atoms with Crippen LogP contribution in [0.15, 0.2) is 42.2 Å². The van der Waals surface area contributed by atoms with Gasteiger partial charge in [-0.1, -0.05) is 17.4 Å². The van der Waals surface area contributed by atoms with Crippen LogP contribution in [0.5, 0.6) is 0 Å². The molecule has 0 saturated carbocycles. The number of thiazole rings is 1. The van der Waals surface area contributed by atoms with E-state index in [4.69, 9.17) is 5.10 Å². The largest absolute Gasteiger partial charge is 0.357 e.